The lowest BCUT2D eigenvalue weighted by Gasteiger charge is -2.02. The second kappa shape index (κ2) is 10.7. The highest BCUT2D eigenvalue weighted by Gasteiger charge is 1.98. The zero-order valence-corrected chi connectivity index (χ0v) is 11.1. The molecule has 0 rings (SSSR count). The minimum absolute atomic E-state index is 0.203. The van der Waals surface area contributed by atoms with Gasteiger partial charge >= 0.3 is 5.97 Å². The Morgan fingerprint density at radius 3 is 2.31 bits per heavy atom. The maximum absolute atomic E-state index is 11.1. The van der Waals surface area contributed by atoms with E-state index in [9.17, 15) is 4.79 Å². The van der Waals surface area contributed by atoms with Crippen LogP contribution in [0.25, 0.3) is 0 Å². The molecule has 0 spiro atoms. The van der Waals surface area contributed by atoms with Crippen molar-refractivity contribution in [3.8, 4) is 0 Å². The predicted octanol–water partition coefficient (Wildman–Crippen LogP) is 4.25. The van der Waals surface area contributed by atoms with Crippen molar-refractivity contribution in [3.63, 3.8) is 0 Å². The van der Waals surface area contributed by atoms with Crippen LogP contribution in [0.1, 0.15) is 65.7 Å². The molecule has 0 N–H and O–H groups in total. The van der Waals surface area contributed by atoms with Gasteiger partial charge in [-0.3, -0.25) is 0 Å². The van der Waals surface area contributed by atoms with Crippen LogP contribution in [-0.4, -0.2) is 12.6 Å². The molecule has 0 aliphatic heterocycles. The predicted molar refractivity (Wildman–Crippen MR) is 68.4 cm³/mol. The zero-order valence-electron chi connectivity index (χ0n) is 11.1. The van der Waals surface area contributed by atoms with Crippen LogP contribution in [0.15, 0.2) is 11.6 Å². The summed E-state index contributed by atoms with van der Waals surface area (Å²) >= 11 is 0. The fourth-order valence-corrected chi connectivity index (χ4v) is 1.64. The van der Waals surface area contributed by atoms with E-state index in [0.717, 1.165) is 12.0 Å². The maximum atomic E-state index is 11.1. The summed E-state index contributed by atoms with van der Waals surface area (Å²) < 4.78 is 4.86. The number of esters is 1. The van der Waals surface area contributed by atoms with Crippen molar-refractivity contribution in [2.75, 3.05) is 6.61 Å². The highest BCUT2D eigenvalue weighted by molar-refractivity contribution is 5.82. The molecule has 0 bridgehead atoms. The molecular formula is C14H26O2. The molecular weight excluding hydrogens is 200 g/mol. The molecule has 0 saturated heterocycles. The minimum Gasteiger partial charge on any atom is -0.463 e. The summed E-state index contributed by atoms with van der Waals surface area (Å²) in [6.07, 6.45) is 10.4. The molecule has 2 heteroatoms. The van der Waals surface area contributed by atoms with E-state index >= 15 is 0 Å². The van der Waals surface area contributed by atoms with Crippen LogP contribution in [0.3, 0.4) is 0 Å². The Balaban J connectivity index is 3.49. The van der Waals surface area contributed by atoms with Crippen molar-refractivity contribution in [1.29, 1.82) is 0 Å². The Morgan fingerprint density at radius 2 is 1.69 bits per heavy atom. The van der Waals surface area contributed by atoms with Crippen LogP contribution < -0.4 is 0 Å². The van der Waals surface area contributed by atoms with Gasteiger partial charge in [-0.15, -0.1) is 0 Å². The van der Waals surface area contributed by atoms with E-state index in [2.05, 4.69) is 6.92 Å². The van der Waals surface area contributed by atoms with Crippen molar-refractivity contribution >= 4 is 5.97 Å². The molecule has 0 atom stereocenters. The van der Waals surface area contributed by atoms with E-state index in [-0.39, 0.29) is 5.97 Å². The number of carbonyl (C=O) groups excluding carboxylic acids is 1. The fourth-order valence-electron chi connectivity index (χ4n) is 1.64. The van der Waals surface area contributed by atoms with Crippen molar-refractivity contribution < 1.29 is 9.53 Å². The lowest BCUT2D eigenvalue weighted by Crippen LogP contribution is -2.00. The van der Waals surface area contributed by atoms with Crippen LogP contribution in [0.4, 0.5) is 0 Å². The lowest BCUT2D eigenvalue weighted by molar-refractivity contribution is -0.137. The second-order valence-corrected chi connectivity index (χ2v) is 4.26. The number of hydrogen-bond donors (Lipinski definition) is 0. The molecule has 16 heavy (non-hydrogen) atoms. The standard InChI is InChI=1S/C14H26O2/c1-4-6-7-8-9-10-11-13(3)12-14(15)16-5-2/h12H,4-11H2,1-3H3/b13-12+. The van der Waals surface area contributed by atoms with Crippen LogP contribution >= 0.6 is 0 Å². The second-order valence-electron chi connectivity index (χ2n) is 4.26. The van der Waals surface area contributed by atoms with E-state index in [4.69, 9.17) is 4.74 Å². The van der Waals surface area contributed by atoms with Crippen molar-refractivity contribution in [3.05, 3.63) is 11.6 Å². The first kappa shape index (κ1) is 15.2. The maximum Gasteiger partial charge on any atom is 0.330 e. The smallest absolute Gasteiger partial charge is 0.330 e. The number of hydrogen-bond acceptors (Lipinski definition) is 2. The molecule has 0 aliphatic rings. The SMILES string of the molecule is CCCCCCCC/C(C)=C/C(=O)OCC. The van der Waals surface area contributed by atoms with Gasteiger partial charge < -0.3 is 4.74 Å². The Kier molecular flexibility index (Phi) is 10.2. The highest BCUT2D eigenvalue weighted by atomic mass is 16.5. The first-order chi connectivity index (χ1) is 7.70. The van der Waals surface area contributed by atoms with Crippen molar-refractivity contribution in [1.82, 2.24) is 0 Å². The van der Waals surface area contributed by atoms with Crippen LogP contribution in [0, 0.1) is 0 Å². The largest absolute Gasteiger partial charge is 0.463 e. The van der Waals surface area contributed by atoms with E-state index in [1.54, 1.807) is 6.08 Å². The molecule has 0 radical (unpaired) electrons. The third-order valence-corrected chi connectivity index (χ3v) is 2.58. The van der Waals surface area contributed by atoms with Crippen LogP contribution in [0.5, 0.6) is 0 Å². The molecule has 0 aromatic heterocycles. The fraction of sp³-hybridized carbons (Fsp3) is 0.786. The van der Waals surface area contributed by atoms with Gasteiger partial charge in [0.1, 0.15) is 0 Å². The average molecular weight is 226 g/mol. The summed E-state index contributed by atoms with van der Waals surface area (Å²) in [6, 6.07) is 0. The number of allylic oxidation sites excluding steroid dienone is 1. The average Bonchev–Trinajstić information content (AvgIpc) is 2.23. The quantitative estimate of drug-likeness (QED) is 0.334. The molecule has 0 saturated carbocycles. The summed E-state index contributed by atoms with van der Waals surface area (Å²) in [4.78, 5) is 11.1. The Hall–Kier alpha value is -0.790. The highest BCUT2D eigenvalue weighted by Crippen LogP contribution is 2.11. The minimum atomic E-state index is -0.203. The van der Waals surface area contributed by atoms with Gasteiger partial charge in [0.05, 0.1) is 6.61 Å². The monoisotopic (exact) mass is 226 g/mol. The number of unbranched alkanes of at least 4 members (excludes halogenated alkanes) is 5. The van der Waals surface area contributed by atoms with Gasteiger partial charge in [-0.1, -0.05) is 44.6 Å². The Bertz CT molecular complexity index is 207. The van der Waals surface area contributed by atoms with Gasteiger partial charge in [-0.2, -0.15) is 0 Å². The van der Waals surface area contributed by atoms with Gasteiger partial charge in [0.25, 0.3) is 0 Å². The van der Waals surface area contributed by atoms with Gasteiger partial charge in [0.2, 0.25) is 0 Å². The van der Waals surface area contributed by atoms with Gasteiger partial charge in [-0.05, 0) is 26.7 Å². The third kappa shape index (κ3) is 9.75. The topological polar surface area (TPSA) is 26.3 Å². The molecule has 0 fully saturated rings. The molecule has 2 nitrogen and oxygen atoms in total. The molecule has 0 unspecified atom stereocenters. The van der Waals surface area contributed by atoms with Crippen LogP contribution in [0.2, 0.25) is 0 Å². The van der Waals surface area contributed by atoms with Gasteiger partial charge in [0, 0.05) is 6.08 Å². The molecule has 0 amide bonds. The molecule has 0 aliphatic carbocycles. The van der Waals surface area contributed by atoms with E-state index < -0.39 is 0 Å². The Morgan fingerprint density at radius 1 is 1.06 bits per heavy atom. The zero-order chi connectivity index (χ0) is 12.2. The van der Waals surface area contributed by atoms with Crippen LogP contribution in [-0.2, 0) is 9.53 Å². The summed E-state index contributed by atoms with van der Waals surface area (Å²) in [7, 11) is 0. The first-order valence-corrected chi connectivity index (χ1v) is 6.54. The normalized spacial score (nSPS) is 11.6. The van der Waals surface area contributed by atoms with Crippen molar-refractivity contribution in [2.24, 2.45) is 0 Å². The third-order valence-electron chi connectivity index (χ3n) is 2.58. The van der Waals surface area contributed by atoms with Crippen molar-refractivity contribution in [2.45, 2.75) is 65.7 Å². The molecule has 94 valence electrons. The number of ether oxygens (including phenoxy) is 1. The summed E-state index contributed by atoms with van der Waals surface area (Å²) in [6.45, 7) is 6.52. The molecule has 0 aromatic rings. The molecule has 0 heterocycles. The van der Waals surface area contributed by atoms with E-state index in [1.807, 2.05) is 13.8 Å². The first-order valence-electron chi connectivity index (χ1n) is 6.54. The lowest BCUT2D eigenvalue weighted by atomic mass is 10.1. The summed E-state index contributed by atoms with van der Waals surface area (Å²) in [5.74, 6) is -0.203. The summed E-state index contributed by atoms with van der Waals surface area (Å²) in [5, 5.41) is 0. The van der Waals surface area contributed by atoms with E-state index in [1.165, 1.54) is 38.5 Å². The van der Waals surface area contributed by atoms with E-state index in [0.29, 0.717) is 6.61 Å². The number of carbonyl (C=O) groups is 1. The molecule has 0 aromatic carbocycles. The summed E-state index contributed by atoms with van der Waals surface area (Å²) in [5.41, 5.74) is 1.13. The van der Waals surface area contributed by atoms with Gasteiger partial charge in [0.15, 0.2) is 0 Å². The number of rotatable bonds is 9. The van der Waals surface area contributed by atoms with Gasteiger partial charge in [-0.25, -0.2) is 4.79 Å². The Labute approximate surface area is 100 Å².